The third-order valence-corrected chi connectivity index (χ3v) is 3.89. The van der Waals surface area contributed by atoms with Gasteiger partial charge in [0.2, 0.25) is 0 Å². The van der Waals surface area contributed by atoms with E-state index in [1.54, 1.807) is 0 Å². The number of unbranched alkanes of at least 4 members (excludes halogenated alkanes) is 1. The zero-order valence-corrected chi connectivity index (χ0v) is 11.9. The SMILES string of the molecule is O=C1c2c(F)c(F)c(F)c3c(F)c(F)c(F)c(c23)N1CCCCO. The minimum Gasteiger partial charge on any atom is -0.396 e. The number of hydrogen-bond acceptors (Lipinski definition) is 2. The molecule has 9 heteroatoms. The van der Waals surface area contributed by atoms with Gasteiger partial charge in [-0.3, -0.25) is 4.79 Å². The van der Waals surface area contributed by atoms with Crippen molar-refractivity contribution in [1.82, 2.24) is 0 Å². The number of aliphatic hydroxyl groups excluding tert-OH is 1. The summed E-state index contributed by atoms with van der Waals surface area (Å²) in [5, 5.41) is 6.59. The molecule has 0 fully saturated rings. The van der Waals surface area contributed by atoms with Crippen LogP contribution in [0, 0.1) is 34.9 Å². The Kier molecular flexibility index (Phi) is 3.90. The fraction of sp³-hybridized carbons (Fsp3) is 0.267. The number of carbonyl (C=O) groups is 1. The second-order valence-corrected chi connectivity index (χ2v) is 5.25. The van der Waals surface area contributed by atoms with Crippen LogP contribution in [0.5, 0.6) is 0 Å². The van der Waals surface area contributed by atoms with Crippen LogP contribution in [0.2, 0.25) is 0 Å². The zero-order valence-electron chi connectivity index (χ0n) is 11.9. The molecule has 1 N–H and O–H groups in total. The molecule has 1 heterocycles. The maximum absolute atomic E-state index is 14.1. The number of carbonyl (C=O) groups excluding carboxylic acids is 1. The first kappa shape index (κ1) is 16.6. The molecular weight excluding hydrogens is 340 g/mol. The van der Waals surface area contributed by atoms with Gasteiger partial charge in [-0.05, 0) is 12.8 Å². The molecule has 24 heavy (non-hydrogen) atoms. The molecular formula is C15H9F6NO2. The first-order chi connectivity index (χ1) is 11.3. The highest BCUT2D eigenvalue weighted by Gasteiger charge is 2.41. The molecule has 0 aromatic heterocycles. The highest BCUT2D eigenvalue weighted by Crippen LogP contribution is 2.44. The molecule has 1 aliphatic heterocycles. The van der Waals surface area contributed by atoms with E-state index in [0.29, 0.717) is 4.90 Å². The van der Waals surface area contributed by atoms with E-state index in [1.807, 2.05) is 0 Å². The lowest BCUT2D eigenvalue weighted by Crippen LogP contribution is -2.29. The Morgan fingerprint density at radius 1 is 0.750 bits per heavy atom. The number of anilines is 1. The van der Waals surface area contributed by atoms with Gasteiger partial charge in [0.15, 0.2) is 34.9 Å². The van der Waals surface area contributed by atoms with Gasteiger partial charge in [0.25, 0.3) is 5.91 Å². The smallest absolute Gasteiger partial charge is 0.262 e. The summed E-state index contributed by atoms with van der Waals surface area (Å²) in [5.41, 5.74) is -1.87. The van der Waals surface area contributed by atoms with Crippen molar-refractivity contribution in [3.8, 4) is 0 Å². The molecule has 0 saturated carbocycles. The maximum atomic E-state index is 14.1. The standard InChI is InChI=1S/C15H9F6NO2/c16-8-6-5-7(10(18)11(8)19)15(24)22(3-1-2-4-23)14(5)13(21)12(20)9(6)17/h23H,1-4H2. The molecule has 1 aliphatic rings. The highest BCUT2D eigenvalue weighted by molar-refractivity contribution is 6.25. The van der Waals surface area contributed by atoms with Crippen LogP contribution in [-0.4, -0.2) is 24.2 Å². The number of rotatable bonds is 4. The minimum absolute atomic E-state index is 0.128. The predicted molar refractivity (Wildman–Crippen MR) is 71.7 cm³/mol. The van der Waals surface area contributed by atoms with Crippen molar-refractivity contribution < 1.29 is 36.2 Å². The van der Waals surface area contributed by atoms with E-state index in [-0.39, 0.29) is 26.0 Å². The van der Waals surface area contributed by atoms with Crippen LogP contribution in [0.15, 0.2) is 0 Å². The van der Waals surface area contributed by atoms with Crippen molar-refractivity contribution in [3.63, 3.8) is 0 Å². The quantitative estimate of drug-likeness (QED) is 0.522. The van der Waals surface area contributed by atoms with Crippen LogP contribution in [0.4, 0.5) is 32.0 Å². The first-order valence-corrected chi connectivity index (χ1v) is 6.92. The Balaban J connectivity index is 2.38. The monoisotopic (exact) mass is 349 g/mol. The number of amides is 1. The van der Waals surface area contributed by atoms with Crippen molar-refractivity contribution in [2.24, 2.45) is 0 Å². The van der Waals surface area contributed by atoms with Gasteiger partial charge in [-0.15, -0.1) is 0 Å². The number of hydrogen-bond donors (Lipinski definition) is 1. The van der Waals surface area contributed by atoms with Crippen molar-refractivity contribution in [3.05, 3.63) is 40.5 Å². The fourth-order valence-corrected chi connectivity index (χ4v) is 2.81. The molecule has 1 amide bonds. The zero-order chi connectivity index (χ0) is 17.8. The second-order valence-electron chi connectivity index (χ2n) is 5.25. The average Bonchev–Trinajstić information content (AvgIpc) is 2.83. The summed E-state index contributed by atoms with van der Waals surface area (Å²) in [5.74, 6) is -13.2. The van der Waals surface area contributed by atoms with Crippen LogP contribution in [0.1, 0.15) is 23.2 Å². The van der Waals surface area contributed by atoms with Gasteiger partial charge in [0, 0.05) is 18.5 Å². The van der Waals surface area contributed by atoms with Gasteiger partial charge in [-0.1, -0.05) is 0 Å². The Labute approximate surface area is 131 Å². The largest absolute Gasteiger partial charge is 0.396 e. The van der Waals surface area contributed by atoms with Gasteiger partial charge < -0.3 is 10.0 Å². The molecule has 0 atom stereocenters. The van der Waals surface area contributed by atoms with E-state index in [4.69, 9.17) is 5.11 Å². The molecule has 128 valence electrons. The molecule has 0 radical (unpaired) electrons. The van der Waals surface area contributed by atoms with Crippen LogP contribution in [0.3, 0.4) is 0 Å². The summed E-state index contributed by atoms with van der Waals surface area (Å²) in [7, 11) is 0. The molecule has 3 nitrogen and oxygen atoms in total. The molecule has 0 aliphatic carbocycles. The van der Waals surface area contributed by atoms with Crippen molar-refractivity contribution in [1.29, 1.82) is 0 Å². The van der Waals surface area contributed by atoms with E-state index in [2.05, 4.69) is 0 Å². The second kappa shape index (κ2) is 5.66. The summed E-state index contributed by atoms with van der Waals surface area (Å²) in [6.45, 7) is -0.518. The Morgan fingerprint density at radius 3 is 1.92 bits per heavy atom. The van der Waals surface area contributed by atoms with Crippen LogP contribution >= 0.6 is 0 Å². The summed E-state index contributed by atoms with van der Waals surface area (Å²) >= 11 is 0. The fourth-order valence-electron chi connectivity index (χ4n) is 2.81. The summed E-state index contributed by atoms with van der Waals surface area (Å²) in [6, 6.07) is 0. The van der Waals surface area contributed by atoms with E-state index in [9.17, 15) is 31.1 Å². The van der Waals surface area contributed by atoms with E-state index in [0.717, 1.165) is 0 Å². The molecule has 2 aromatic carbocycles. The average molecular weight is 349 g/mol. The molecule has 0 saturated heterocycles. The highest BCUT2D eigenvalue weighted by atomic mass is 19.2. The summed E-state index contributed by atoms with van der Waals surface area (Å²) in [6.07, 6.45) is 0.322. The first-order valence-electron chi connectivity index (χ1n) is 6.92. The van der Waals surface area contributed by atoms with E-state index in [1.165, 1.54) is 0 Å². The number of benzene rings is 2. The summed E-state index contributed by atoms with van der Waals surface area (Å²) in [4.78, 5) is 12.8. The Bertz CT molecular complexity index is 875. The van der Waals surface area contributed by atoms with Gasteiger partial charge in [0.1, 0.15) is 0 Å². The van der Waals surface area contributed by atoms with Crippen molar-refractivity contribution >= 4 is 22.4 Å². The third-order valence-electron chi connectivity index (χ3n) is 3.89. The van der Waals surface area contributed by atoms with Gasteiger partial charge in [-0.2, -0.15) is 0 Å². The molecule has 0 bridgehead atoms. The normalized spacial score (nSPS) is 13.5. The molecule has 2 aromatic rings. The Hall–Kier alpha value is -2.29. The van der Waals surface area contributed by atoms with Crippen molar-refractivity contribution in [2.45, 2.75) is 12.8 Å². The maximum Gasteiger partial charge on any atom is 0.262 e. The lowest BCUT2D eigenvalue weighted by Gasteiger charge is -2.18. The van der Waals surface area contributed by atoms with Crippen LogP contribution in [0.25, 0.3) is 10.8 Å². The number of halogens is 6. The molecule has 3 rings (SSSR count). The van der Waals surface area contributed by atoms with Gasteiger partial charge >= 0.3 is 0 Å². The lowest BCUT2D eigenvalue weighted by atomic mass is 10.0. The summed E-state index contributed by atoms with van der Waals surface area (Å²) < 4.78 is 83.2. The topological polar surface area (TPSA) is 40.5 Å². The van der Waals surface area contributed by atoms with E-state index < -0.39 is 62.8 Å². The van der Waals surface area contributed by atoms with Gasteiger partial charge in [0.05, 0.1) is 16.6 Å². The van der Waals surface area contributed by atoms with Crippen molar-refractivity contribution in [2.75, 3.05) is 18.1 Å². The molecule has 0 unspecified atom stereocenters. The van der Waals surface area contributed by atoms with E-state index >= 15 is 0 Å². The van der Waals surface area contributed by atoms with Crippen LogP contribution in [-0.2, 0) is 0 Å². The predicted octanol–water partition coefficient (Wildman–Crippen LogP) is 3.41. The lowest BCUT2D eigenvalue weighted by molar-refractivity contribution is 0.0987. The minimum atomic E-state index is -2.14. The van der Waals surface area contributed by atoms with Gasteiger partial charge in [-0.25, -0.2) is 26.3 Å². The van der Waals surface area contributed by atoms with Crippen LogP contribution < -0.4 is 4.90 Å². The number of nitrogens with zero attached hydrogens (tertiary/aromatic N) is 1. The number of aliphatic hydroxyl groups is 1. The third kappa shape index (κ3) is 2.00. The molecule has 0 spiro atoms. The Morgan fingerprint density at radius 2 is 1.33 bits per heavy atom.